The van der Waals surface area contributed by atoms with Crippen LogP contribution in [0.5, 0.6) is 5.75 Å². The Morgan fingerprint density at radius 1 is 1.09 bits per heavy atom. The summed E-state index contributed by atoms with van der Waals surface area (Å²) in [5.74, 6) is -1.79. The molecule has 0 heterocycles. The number of hydrogen-bond acceptors (Lipinski definition) is 3. The SMILES string of the molecule is COc1ccc(COC(=O)c2ccc(F)c(C(F)(F)F)c2)cc1. The van der Waals surface area contributed by atoms with Gasteiger partial charge in [-0.25, -0.2) is 9.18 Å². The predicted octanol–water partition coefficient (Wildman–Crippen LogP) is 4.21. The van der Waals surface area contributed by atoms with Crippen LogP contribution in [0.25, 0.3) is 0 Å². The van der Waals surface area contributed by atoms with Gasteiger partial charge in [0.2, 0.25) is 0 Å². The monoisotopic (exact) mass is 328 g/mol. The second-order valence-electron chi connectivity index (χ2n) is 4.62. The first-order chi connectivity index (χ1) is 10.8. The first-order valence-electron chi connectivity index (χ1n) is 6.48. The van der Waals surface area contributed by atoms with Crippen molar-refractivity contribution in [1.82, 2.24) is 0 Å². The normalized spacial score (nSPS) is 11.2. The van der Waals surface area contributed by atoms with Crippen molar-refractivity contribution >= 4 is 5.97 Å². The first-order valence-corrected chi connectivity index (χ1v) is 6.48. The molecule has 7 heteroatoms. The largest absolute Gasteiger partial charge is 0.497 e. The Balaban J connectivity index is 2.08. The van der Waals surface area contributed by atoms with Gasteiger partial charge < -0.3 is 9.47 Å². The van der Waals surface area contributed by atoms with E-state index in [-0.39, 0.29) is 12.2 Å². The van der Waals surface area contributed by atoms with Gasteiger partial charge in [0.15, 0.2) is 0 Å². The smallest absolute Gasteiger partial charge is 0.419 e. The molecular weight excluding hydrogens is 316 g/mol. The molecule has 23 heavy (non-hydrogen) atoms. The van der Waals surface area contributed by atoms with Crippen LogP contribution in [-0.4, -0.2) is 13.1 Å². The average molecular weight is 328 g/mol. The van der Waals surface area contributed by atoms with Crippen LogP contribution >= 0.6 is 0 Å². The van der Waals surface area contributed by atoms with E-state index >= 15 is 0 Å². The molecule has 0 aliphatic heterocycles. The number of carbonyl (C=O) groups excluding carboxylic acids is 1. The van der Waals surface area contributed by atoms with E-state index in [1.54, 1.807) is 24.3 Å². The minimum absolute atomic E-state index is 0.123. The molecule has 0 amide bonds. The van der Waals surface area contributed by atoms with Crippen molar-refractivity contribution in [1.29, 1.82) is 0 Å². The molecule has 0 saturated heterocycles. The Labute approximate surface area is 129 Å². The molecule has 0 bridgehead atoms. The van der Waals surface area contributed by atoms with Gasteiger partial charge in [0.05, 0.1) is 18.2 Å². The lowest BCUT2D eigenvalue weighted by atomic mass is 10.1. The number of hydrogen-bond donors (Lipinski definition) is 0. The van der Waals surface area contributed by atoms with Crippen LogP contribution in [0, 0.1) is 5.82 Å². The topological polar surface area (TPSA) is 35.5 Å². The molecule has 2 aromatic rings. The molecule has 0 aliphatic carbocycles. The van der Waals surface area contributed by atoms with Gasteiger partial charge in [0.1, 0.15) is 18.2 Å². The maximum Gasteiger partial charge on any atom is 0.419 e. The second-order valence-corrected chi connectivity index (χ2v) is 4.62. The number of rotatable bonds is 4. The summed E-state index contributed by atoms with van der Waals surface area (Å²) in [4.78, 5) is 11.8. The molecular formula is C16H12F4O3. The summed E-state index contributed by atoms with van der Waals surface area (Å²) in [7, 11) is 1.50. The van der Waals surface area contributed by atoms with E-state index in [4.69, 9.17) is 9.47 Å². The van der Waals surface area contributed by atoms with Crippen molar-refractivity contribution in [3.63, 3.8) is 0 Å². The Kier molecular flexibility index (Phi) is 4.88. The first kappa shape index (κ1) is 16.8. The lowest BCUT2D eigenvalue weighted by Gasteiger charge is -2.10. The van der Waals surface area contributed by atoms with E-state index in [0.29, 0.717) is 23.4 Å². The summed E-state index contributed by atoms with van der Waals surface area (Å²) >= 11 is 0. The standard InChI is InChI=1S/C16H12F4O3/c1-22-12-5-2-10(3-6-12)9-23-15(21)11-4-7-14(17)13(8-11)16(18,19)20/h2-8H,9H2,1H3. The van der Waals surface area contributed by atoms with E-state index in [2.05, 4.69) is 0 Å². The summed E-state index contributed by atoms with van der Waals surface area (Å²) < 4.78 is 60.9. The highest BCUT2D eigenvalue weighted by Crippen LogP contribution is 2.32. The highest BCUT2D eigenvalue weighted by Gasteiger charge is 2.34. The van der Waals surface area contributed by atoms with Crippen LogP contribution in [0.15, 0.2) is 42.5 Å². The third-order valence-corrected chi connectivity index (χ3v) is 3.04. The maximum absolute atomic E-state index is 13.2. The van der Waals surface area contributed by atoms with Gasteiger partial charge in [-0.05, 0) is 35.9 Å². The molecule has 0 radical (unpaired) electrons. The molecule has 0 unspecified atom stereocenters. The van der Waals surface area contributed by atoms with Crippen molar-refractivity contribution in [3.8, 4) is 5.75 Å². The Bertz CT molecular complexity index is 693. The molecule has 0 fully saturated rings. The number of alkyl halides is 3. The van der Waals surface area contributed by atoms with Gasteiger partial charge in [-0.3, -0.25) is 0 Å². The van der Waals surface area contributed by atoms with Gasteiger partial charge in [-0.2, -0.15) is 13.2 Å². The average Bonchev–Trinajstić information content (AvgIpc) is 2.52. The zero-order chi connectivity index (χ0) is 17.0. The van der Waals surface area contributed by atoms with Crippen molar-refractivity contribution in [2.24, 2.45) is 0 Å². The van der Waals surface area contributed by atoms with Crippen molar-refractivity contribution in [2.75, 3.05) is 7.11 Å². The predicted molar refractivity (Wildman–Crippen MR) is 73.5 cm³/mol. The quantitative estimate of drug-likeness (QED) is 0.623. The number of benzene rings is 2. The third kappa shape index (κ3) is 4.21. The summed E-state index contributed by atoms with van der Waals surface area (Å²) in [5.41, 5.74) is -1.24. The summed E-state index contributed by atoms with van der Waals surface area (Å²) in [6, 6.07) is 8.58. The van der Waals surface area contributed by atoms with Crippen LogP contribution in [0.2, 0.25) is 0 Å². The number of halogens is 4. The molecule has 122 valence electrons. The second kappa shape index (κ2) is 6.68. The number of esters is 1. The van der Waals surface area contributed by atoms with Gasteiger partial charge in [0.25, 0.3) is 0 Å². The van der Waals surface area contributed by atoms with Crippen molar-refractivity contribution in [2.45, 2.75) is 12.8 Å². The van der Waals surface area contributed by atoms with Crippen LogP contribution in [-0.2, 0) is 17.5 Å². The van der Waals surface area contributed by atoms with Gasteiger partial charge in [-0.15, -0.1) is 0 Å². The molecule has 0 aliphatic rings. The molecule has 2 rings (SSSR count). The Morgan fingerprint density at radius 3 is 2.30 bits per heavy atom. The zero-order valence-corrected chi connectivity index (χ0v) is 12.0. The van der Waals surface area contributed by atoms with Gasteiger partial charge in [-0.1, -0.05) is 12.1 Å². The van der Waals surface area contributed by atoms with E-state index in [1.807, 2.05) is 0 Å². The molecule has 0 saturated carbocycles. The van der Waals surface area contributed by atoms with Gasteiger partial charge in [0, 0.05) is 0 Å². The lowest BCUT2D eigenvalue weighted by molar-refractivity contribution is -0.140. The maximum atomic E-state index is 13.2. The van der Waals surface area contributed by atoms with E-state index < -0.39 is 23.5 Å². The minimum atomic E-state index is -4.88. The Morgan fingerprint density at radius 2 is 1.74 bits per heavy atom. The lowest BCUT2D eigenvalue weighted by Crippen LogP contribution is -2.12. The Hall–Kier alpha value is -2.57. The number of carbonyl (C=O) groups is 1. The van der Waals surface area contributed by atoms with Crippen molar-refractivity contribution < 1.29 is 31.8 Å². The fraction of sp³-hybridized carbons (Fsp3) is 0.188. The van der Waals surface area contributed by atoms with Crippen LogP contribution in [0.3, 0.4) is 0 Å². The summed E-state index contributed by atoms with van der Waals surface area (Å²) in [6.45, 7) is -0.123. The van der Waals surface area contributed by atoms with E-state index in [1.165, 1.54) is 7.11 Å². The fourth-order valence-corrected chi connectivity index (χ4v) is 1.82. The van der Waals surface area contributed by atoms with Gasteiger partial charge >= 0.3 is 12.1 Å². The highest BCUT2D eigenvalue weighted by atomic mass is 19.4. The van der Waals surface area contributed by atoms with Crippen LogP contribution in [0.1, 0.15) is 21.5 Å². The molecule has 0 atom stereocenters. The molecule has 3 nitrogen and oxygen atoms in total. The molecule has 2 aromatic carbocycles. The molecule has 0 spiro atoms. The zero-order valence-electron chi connectivity index (χ0n) is 12.0. The molecule has 0 N–H and O–H groups in total. The molecule has 0 aromatic heterocycles. The third-order valence-electron chi connectivity index (χ3n) is 3.04. The van der Waals surface area contributed by atoms with Crippen LogP contribution < -0.4 is 4.74 Å². The van der Waals surface area contributed by atoms with E-state index in [9.17, 15) is 22.4 Å². The van der Waals surface area contributed by atoms with Crippen molar-refractivity contribution in [3.05, 3.63) is 65.0 Å². The number of methoxy groups -OCH3 is 1. The number of ether oxygens (including phenoxy) is 2. The summed E-state index contributed by atoms with van der Waals surface area (Å²) in [6.07, 6.45) is -4.88. The highest BCUT2D eigenvalue weighted by molar-refractivity contribution is 5.89. The fourth-order valence-electron chi connectivity index (χ4n) is 1.82. The summed E-state index contributed by atoms with van der Waals surface area (Å²) in [5, 5.41) is 0. The van der Waals surface area contributed by atoms with Crippen LogP contribution in [0.4, 0.5) is 17.6 Å². The minimum Gasteiger partial charge on any atom is -0.497 e. The van der Waals surface area contributed by atoms with E-state index in [0.717, 1.165) is 6.07 Å².